The third-order valence-corrected chi connectivity index (χ3v) is 4.31. The minimum absolute atomic E-state index is 0.108. The molecule has 5 nitrogen and oxygen atoms in total. The predicted octanol–water partition coefficient (Wildman–Crippen LogP) is 4.14. The molecule has 126 valence electrons. The number of ether oxygens (including phenoxy) is 1. The van der Waals surface area contributed by atoms with Gasteiger partial charge in [-0.05, 0) is 75.5 Å². The highest BCUT2D eigenvalue weighted by molar-refractivity contribution is 9.11. The highest BCUT2D eigenvalue weighted by Crippen LogP contribution is 2.34. The molecule has 2 aromatic carbocycles. The molecule has 1 amide bonds. The van der Waals surface area contributed by atoms with Crippen molar-refractivity contribution in [2.24, 2.45) is 5.10 Å². The molecule has 0 aliphatic carbocycles. The van der Waals surface area contributed by atoms with Crippen molar-refractivity contribution in [3.05, 3.63) is 56.5 Å². The van der Waals surface area contributed by atoms with Crippen LogP contribution in [0.2, 0.25) is 0 Å². The molecule has 0 aromatic heterocycles. The van der Waals surface area contributed by atoms with Crippen molar-refractivity contribution >= 4 is 43.5 Å². The van der Waals surface area contributed by atoms with E-state index in [0.29, 0.717) is 17.0 Å². The number of nitrogens with one attached hydrogen (secondary N) is 1. The summed E-state index contributed by atoms with van der Waals surface area (Å²) in [6.07, 6.45) is 0. The average molecular weight is 456 g/mol. The van der Waals surface area contributed by atoms with E-state index in [-0.39, 0.29) is 12.4 Å². The number of phenols is 1. The first-order chi connectivity index (χ1) is 11.4. The third kappa shape index (κ3) is 4.82. The summed E-state index contributed by atoms with van der Waals surface area (Å²) < 4.78 is 7.04. The van der Waals surface area contributed by atoms with Gasteiger partial charge in [-0.25, -0.2) is 5.43 Å². The minimum atomic E-state index is -0.399. The molecule has 7 heteroatoms. The van der Waals surface area contributed by atoms with Gasteiger partial charge in [0, 0.05) is 5.56 Å². The van der Waals surface area contributed by atoms with Crippen LogP contribution in [0, 0.1) is 6.92 Å². The Labute approximate surface area is 157 Å². The lowest BCUT2D eigenvalue weighted by Crippen LogP contribution is -2.25. The molecule has 0 heterocycles. The van der Waals surface area contributed by atoms with E-state index >= 15 is 0 Å². The van der Waals surface area contributed by atoms with Gasteiger partial charge in [0.1, 0.15) is 11.5 Å². The molecular weight excluding hydrogens is 440 g/mol. The van der Waals surface area contributed by atoms with E-state index in [2.05, 4.69) is 42.4 Å². The molecule has 0 atom stereocenters. The van der Waals surface area contributed by atoms with Crippen LogP contribution in [0.25, 0.3) is 0 Å². The maximum Gasteiger partial charge on any atom is 0.277 e. The lowest BCUT2D eigenvalue weighted by atomic mass is 10.1. The van der Waals surface area contributed by atoms with Crippen molar-refractivity contribution in [2.45, 2.75) is 13.8 Å². The van der Waals surface area contributed by atoms with Crippen LogP contribution >= 0.6 is 31.9 Å². The Morgan fingerprint density at radius 1 is 1.25 bits per heavy atom. The van der Waals surface area contributed by atoms with Crippen LogP contribution in [0.3, 0.4) is 0 Å². The van der Waals surface area contributed by atoms with E-state index in [1.54, 1.807) is 31.2 Å². The fourth-order valence-electron chi connectivity index (χ4n) is 1.98. The number of carbonyl (C=O) groups excluding carboxylic acids is 1. The topological polar surface area (TPSA) is 70.9 Å². The number of para-hydroxylation sites is 1. The number of rotatable bonds is 5. The second-order valence-electron chi connectivity index (χ2n) is 5.10. The van der Waals surface area contributed by atoms with Gasteiger partial charge in [-0.15, -0.1) is 0 Å². The zero-order chi connectivity index (χ0) is 17.7. The van der Waals surface area contributed by atoms with Gasteiger partial charge in [0.25, 0.3) is 5.91 Å². The Bertz CT molecular complexity index is 768. The first-order valence-electron chi connectivity index (χ1n) is 7.08. The van der Waals surface area contributed by atoms with Gasteiger partial charge in [0.2, 0.25) is 0 Å². The van der Waals surface area contributed by atoms with E-state index in [1.807, 2.05) is 19.1 Å². The van der Waals surface area contributed by atoms with Crippen molar-refractivity contribution in [1.82, 2.24) is 5.43 Å². The number of aromatic hydroxyl groups is 1. The van der Waals surface area contributed by atoms with Crippen molar-refractivity contribution in [3.8, 4) is 11.5 Å². The van der Waals surface area contributed by atoms with Gasteiger partial charge in [-0.1, -0.05) is 12.1 Å². The third-order valence-electron chi connectivity index (χ3n) is 3.13. The molecule has 24 heavy (non-hydrogen) atoms. The number of carbonyl (C=O) groups is 1. The summed E-state index contributed by atoms with van der Waals surface area (Å²) in [5, 5.41) is 13.7. The second kappa shape index (κ2) is 8.30. The molecule has 0 aliphatic rings. The summed E-state index contributed by atoms with van der Waals surface area (Å²) in [7, 11) is 0. The smallest absolute Gasteiger partial charge is 0.277 e. The normalized spacial score (nSPS) is 11.2. The molecule has 2 aromatic rings. The summed E-state index contributed by atoms with van der Waals surface area (Å²) in [6, 6.07) is 10.6. The Kier molecular flexibility index (Phi) is 6.39. The molecule has 0 saturated carbocycles. The predicted molar refractivity (Wildman–Crippen MR) is 101 cm³/mol. The number of hydrazone groups is 1. The molecule has 0 unspecified atom stereocenters. The Morgan fingerprint density at radius 2 is 1.88 bits per heavy atom. The van der Waals surface area contributed by atoms with E-state index in [1.165, 1.54) is 0 Å². The van der Waals surface area contributed by atoms with Gasteiger partial charge in [0.15, 0.2) is 6.61 Å². The minimum Gasteiger partial charge on any atom is -0.507 e. The average Bonchev–Trinajstić information content (AvgIpc) is 2.52. The monoisotopic (exact) mass is 454 g/mol. The quantitative estimate of drug-likeness (QED) is 0.525. The number of nitrogens with zero attached hydrogens (tertiary/aromatic N) is 1. The van der Waals surface area contributed by atoms with Crippen molar-refractivity contribution in [2.75, 3.05) is 6.61 Å². The summed E-state index contributed by atoms with van der Waals surface area (Å²) in [5.74, 6) is 0.262. The van der Waals surface area contributed by atoms with Crippen molar-refractivity contribution in [1.29, 1.82) is 0 Å². The molecule has 0 saturated heterocycles. The van der Waals surface area contributed by atoms with Crippen LogP contribution in [-0.4, -0.2) is 23.3 Å². The number of hydrogen-bond donors (Lipinski definition) is 2. The molecular formula is C17H16Br2N2O3. The molecule has 0 spiro atoms. The highest BCUT2D eigenvalue weighted by atomic mass is 79.9. The molecule has 0 bridgehead atoms. The fourth-order valence-corrected chi connectivity index (χ4v) is 3.62. The van der Waals surface area contributed by atoms with E-state index in [0.717, 1.165) is 14.5 Å². The van der Waals surface area contributed by atoms with E-state index in [4.69, 9.17) is 4.74 Å². The first-order valence-corrected chi connectivity index (χ1v) is 8.67. The summed E-state index contributed by atoms with van der Waals surface area (Å²) >= 11 is 6.81. The SMILES string of the molecule is CC(=NNC(=O)COc1c(Br)cc(C)cc1Br)c1ccccc1O. The highest BCUT2D eigenvalue weighted by Gasteiger charge is 2.10. The van der Waals surface area contributed by atoms with Crippen molar-refractivity contribution < 1.29 is 14.6 Å². The Balaban J connectivity index is 1.97. The van der Waals surface area contributed by atoms with Gasteiger partial charge in [-0.3, -0.25) is 4.79 Å². The van der Waals surface area contributed by atoms with Gasteiger partial charge in [0.05, 0.1) is 14.7 Å². The molecule has 2 rings (SSSR count). The zero-order valence-electron chi connectivity index (χ0n) is 13.1. The maximum atomic E-state index is 11.9. The van der Waals surface area contributed by atoms with Gasteiger partial charge in [-0.2, -0.15) is 5.10 Å². The number of aryl methyl sites for hydroxylation is 1. The number of benzene rings is 2. The molecule has 0 fully saturated rings. The molecule has 2 N–H and O–H groups in total. The van der Waals surface area contributed by atoms with Crippen LogP contribution < -0.4 is 10.2 Å². The van der Waals surface area contributed by atoms with E-state index in [9.17, 15) is 9.90 Å². The van der Waals surface area contributed by atoms with Crippen LogP contribution in [0.5, 0.6) is 11.5 Å². The second-order valence-corrected chi connectivity index (χ2v) is 6.80. The van der Waals surface area contributed by atoms with Crippen LogP contribution in [-0.2, 0) is 4.79 Å². The lowest BCUT2D eigenvalue weighted by molar-refractivity contribution is -0.123. The summed E-state index contributed by atoms with van der Waals surface area (Å²) in [5.41, 5.74) is 4.53. The number of phenolic OH excluding ortho intramolecular Hbond substituents is 1. The molecule has 0 radical (unpaired) electrons. The Morgan fingerprint density at radius 3 is 2.50 bits per heavy atom. The fraction of sp³-hybridized carbons (Fsp3) is 0.176. The van der Waals surface area contributed by atoms with Gasteiger partial charge >= 0.3 is 0 Å². The Hall–Kier alpha value is -1.86. The van der Waals surface area contributed by atoms with Gasteiger partial charge < -0.3 is 9.84 Å². The molecule has 0 aliphatic heterocycles. The standard InChI is InChI=1S/C17H16Br2N2O3/c1-10-7-13(18)17(14(19)8-10)24-9-16(23)21-20-11(2)12-5-3-4-6-15(12)22/h3-8,22H,9H2,1-2H3,(H,21,23). The summed E-state index contributed by atoms with van der Waals surface area (Å²) in [6.45, 7) is 3.48. The van der Waals surface area contributed by atoms with Crippen LogP contribution in [0.1, 0.15) is 18.1 Å². The number of hydrogen-bond acceptors (Lipinski definition) is 4. The maximum absolute atomic E-state index is 11.9. The zero-order valence-corrected chi connectivity index (χ0v) is 16.3. The van der Waals surface area contributed by atoms with Crippen molar-refractivity contribution in [3.63, 3.8) is 0 Å². The summed E-state index contributed by atoms with van der Waals surface area (Å²) in [4.78, 5) is 11.9. The lowest BCUT2D eigenvalue weighted by Gasteiger charge is -2.10. The van der Waals surface area contributed by atoms with Crippen LogP contribution in [0.15, 0.2) is 50.4 Å². The van der Waals surface area contributed by atoms with Crippen LogP contribution in [0.4, 0.5) is 0 Å². The van der Waals surface area contributed by atoms with E-state index < -0.39 is 5.91 Å². The first kappa shape index (κ1) is 18.5. The number of halogens is 2. The number of amides is 1. The largest absolute Gasteiger partial charge is 0.507 e.